The van der Waals surface area contributed by atoms with Crippen LogP contribution in [0.3, 0.4) is 0 Å². The second-order valence-electron chi connectivity index (χ2n) is 6.69. The topological polar surface area (TPSA) is 22.9 Å². The fraction of sp³-hybridized carbons (Fsp3) is 0.250. The summed E-state index contributed by atoms with van der Waals surface area (Å²) >= 11 is 0. The largest absolute Gasteiger partial charge is 0.491 e. The third-order valence-corrected chi connectivity index (χ3v) is 4.48. The SMILES string of the molecule is C[NH+](CCOCCOc1ccccc1-c1ccccc1)Cc1ccccc1. The van der Waals surface area contributed by atoms with E-state index < -0.39 is 0 Å². The third-order valence-electron chi connectivity index (χ3n) is 4.48. The van der Waals surface area contributed by atoms with Crippen molar-refractivity contribution in [3.63, 3.8) is 0 Å². The van der Waals surface area contributed by atoms with E-state index in [2.05, 4.69) is 55.6 Å². The minimum Gasteiger partial charge on any atom is -0.491 e. The Morgan fingerprint density at radius 3 is 2.15 bits per heavy atom. The molecule has 0 bridgehead atoms. The van der Waals surface area contributed by atoms with Crippen molar-refractivity contribution in [3.05, 3.63) is 90.5 Å². The van der Waals surface area contributed by atoms with E-state index in [4.69, 9.17) is 9.47 Å². The molecule has 3 nitrogen and oxygen atoms in total. The van der Waals surface area contributed by atoms with Gasteiger partial charge in [0.15, 0.2) is 0 Å². The number of quaternary nitrogens is 1. The quantitative estimate of drug-likeness (QED) is 0.558. The summed E-state index contributed by atoms with van der Waals surface area (Å²) < 4.78 is 11.7. The number of ether oxygens (including phenoxy) is 2. The van der Waals surface area contributed by atoms with Crippen LogP contribution in [-0.2, 0) is 11.3 Å². The monoisotopic (exact) mass is 362 g/mol. The van der Waals surface area contributed by atoms with Crippen LogP contribution in [0.2, 0.25) is 0 Å². The van der Waals surface area contributed by atoms with Crippen LogP contribution in [0, 0.1) is 0 Å². The third kappa shape index (κ3) is 6.24. The van der Waals surface area contributed by atoms with E-state index in [1.807, 2.05) is 36.4 Å². The Hall–Kier alpha value is -2.62. The minimum absolute atomic E-state index is 0.557. The molecule has 0 heterocycles. The summed E-state index contributed by atoms with van der Waals surface area (Å²) in [5.74, 6) is 0.902. The van der Waals surface area contributed by atoms with Gasteiger partial charge in [-0.1, -0.05) is 78.9 Å². The Labute approximate surface area is 162 Å². The van der Waals surface area contributed by atoms with Crippen molar-refractivity contribution in [2.75, 3.05) is 33.4 Å². The van der Waals surface area contributed by atoms with Gasteiger partial charge in [-0.2, -0.15) is 0 Å². The van der Waals surface area contributed by atoms with Crippen LogP contribution in [0.25, 0.3) is 11.1 Å². The van der Waals surface area contributed by atoms with Crippen LogP contribution in [-0.4, -0.2) is 33.4 Å². The van der Waals surface area contributed by atoms with Gasteiger partial charge >= 0.3 is 0 Å². The lowest BCUT2D eigenvalue weighted by atomic mass is 10.1. The van der Waals surface area contributed by atoms with Gasteiger partial charge in [-0.3, -0.25) is 0 Å². The molecule has 1 atom stereocenters. The molecule has 0 spiro atoms. The van der Waals surface area contributed by atoms with Crippen molar-refractivity contribution in [1.29, 1.82) is 0 Å². The van der Waals surface area contributed by atoms with Crippen LogP contribution >= 0.6 is 0 Å². The zero-order valence-electron chi connectivity index (χ0n) is 15.9. The highest BCUT2D eigenvalue weighted by Gasteiger charge is 2.06. The van der Waals surface area contributed by atoms with Gasteiger partial charge in [0, 0.05) is 11.1 Å². The molecule has 0 saturated heterocycles. The highest BCUT2D eigenvalue weighted by molar-refractivity contribution is 5.70. The first-order chi connectivity index (χ1) is 13.3. The standard InChI is InChI=1S/C24H27NO2/c1-25(20-21-10-4-2-5-11-21)16-17-26-18-19-27-24-15-9-8-14-23(24)22-12-6-3-7-13-22/h2-15H,16-20H2,1H3/p+1. The second kappa shape index (κ2) is 10.5. The normalized spacial score (nSPS) is 11.9. The average molecular weight is 362 g/mol. The Morgan fingerprint density at radius 2 is 1.37 bits per heavy atom. The van der Waals surface area contributed by atoms with Gasteiger partial charge in [-0.15, -0.1) is 0 Å². The van der Waals surface area contributed by atoms with Crippen LogP contribution in [0.1, 0.15) is 5.56 Å². The summed E-state index contributed by atoms with van der Waals surface area (Å²) in [6, 6.07) is 29.0. The molecule has 3 rings (SSSR count). The van der Waals surface area contributed by atoms with Crippen LogP contribution in [0.15, 0.2) is 84.9 Å². The second-order valence-corrected chi connectivity index (χ2v) is 6.69. The fourth-order valence-electron chi connectivity index (χ4n) is 3.04. The van der Waals surface area contributed by atoms with E-state index in [-0.39, 0.29) is 0 Å². The van der Waals surface area contributed by atoms with Crippen molar-refractivity contribution >= 4 is 0 Å². The van der Waals surface area contributed by atoms with Gasteiger partial charge in [-0.25, -0.2) is 0 Å². The van der Waals surface area contributed by atoms with E-state index in [1.165, 1.54) is 16.0 Å². The summed E-state index contributed by atoms with van der Waals surface area (Å²) in [5, 5.41) is 0. The number of hydrogen-bond donors (Lipinski definition) is 1. The maximum Gasteiger partial charge on any atom is 0.127 e. The summed E-state index contributed by atoms with van der Waals surface area (Å²) in [7, 11) is 2.20. The first-order valence-electron chi connectivity index (χ1n) is 9.53. The zero-order chi connectivity index (χ0) is 18.7. The molecule has 3 heteroatoms. The van der Waals surface area contributed by atoms with E-state index in [0.717, 1.165) is 31.0 Å². The Morgan fingerprint density at radius 1 is 0.704 bits per heavy atom. The number of nitrogens with one attached hydrogen (secondary N) is 1. The highest BCUT2D eigenvalue weighted by Crippen LogP contribution is 2.29. The molecule has 0 aliphatic carbocycles. The number of hydrogen-bond acceptors (Lipinski definition) is 2. The smallest absolute Gasteiger partial charge is 0.127 e. The van der Waals surface area contributed by atoms with Gasteiger partial charge in [0.05, 0.1) is 20.3 Å². The molecule has 0 saturated carbocycles. The lowest BCUT2D eigenvalue weighted by Gasteiger charge is -2.15. The minimum atomic E-state index is 0.557. The van der Waals surface area contributed by atoms with Gasteiger partial charge in [0.2, 0.25) is 0 Å². The zero-order valence-corrected chi connectivity index (χ0v) is 15.9. The van der Waals surface area contributed by atoms with Crippen molar-refractivity contribution in [2.24, 2.45) is 0 Å². The Balaban J connectivity index is 1.37. The summed E-state index contributed by atoms with van der Waals surface area (Å²) in [6.45, 7) is 3.90. The predicted molar refractivity (Wildman–Crippen MR) is 110 cm³/mol. The van der Waals surface area contributed by atoms with Gasteiger partial charge in [-0.05, 0) is 11.6 Å². The van der Waals surface area contributed by atoms with E-state index in [9.17, 15) is 0 Å². The number of para-hydroxylation sites is 1. The summed E-state index contributed by atoms with van der Waals surface area (Å²) in [6.07, 6.45) is 0. The highest BCUT2D eigenvalue weighted by atomic mass is 16.5. The van der Waals surface area contributed by atoms with Crippen LogP contribution in [0.4, 0.5) is 0 Å². The molecule has 27 heavy (non-hydrogen) atoms. The molecule has 0 amide bonds. The number of benzene rings is 3. The Bertz CT molecular complexity index is 790. The molecular formula is C24H28NO2+. The molecule has 140 valence electrons. The summed E-state index contributed by atoms with van der Waals surface area (Å²) in [5.41, 5.74) is 3.64. The lowest BCUT2D eigenvalue weighted by molar-refractivity contribution is -0.894. The maximum atomic E-state index is 5.96. The average Bonchev–Trinajstić information content (AvgIpc) is 2.72. The lowest BCUT2D eigenvalue weighted by Crippen LogP contribution is -3.08. The van der Waals surface area contributed by atoms with E-state index in [1.54, 1.807) is 0 Å². The number of rotatable bonds is 10. The molecule has 0 aliphatic heterocycles. The van der Waals surface area contributed by atoms with E-state index >= 15 is 0 Å². The summed E-state index contributed by atoms with van der Waals surface area (Å²) in [4.78, 5) is 1.44. The number of likely N-dealkylation sites (N-methyl/N-ethyl adjacent to an activating group) is 1. The Kier molecular flexibility index (Phi) is 7.45. The van der Waals surface area contributed by atoms with Crippen LogP contribution < -0.4 is 9.64 Å². The molecule has 1 N–H and O–H groups in total. The molecule has 1 unspecified atom stereocenters. The van der Waals surface area contributed by atoms with Crippen molar-refractivity contribution in [1.82, 2.24) is 0 Å². The predicted octanol–water partition coefficient (Wildman–Crippen LogP) is 3.46. The molecule has 3 aromatic rings. The molecule has 0 aromatic heterocycles. The van der Waals surface area contributed by atoms with Gasteiger partial charge < -0.3 is 14.4 Å². The first kappa shape index (κ1) is 19.2. The molecular weight excluding hydrogens is 334 g/mol. The van der Waals surface area contributed by atoms with E-state index in [0.29, 0.717) is 13.2 Å². The molecule has 0 radical (unpaired) electrons. The van der Waals surface area contributed by atoms with Gasteiger partial charge in [0.25, 0.3) is 0 Å². The molecule has 0 fully saturated rings. The van der Waals surface area contributed by atoms with Crippen molar-refractivity contribution < 1.29 is 14.4 Å². The van der Waals surface area contributed by atoms with Crippen molar-refractivity contribution in [3.8, 4) is 16.9 Å². The van der Waals surface area contributed by atoms with Gasteiger partial charge in [0.1, 0.15) is 25.4 Å². The van der Waals surface area contributed by atoms with Crippen LogP contribution in [0.5, 0.6) is 5.75 Å². The maximum absolute atomic E-state index is 5.96. The fourth-order valence-corrected chi connectivity index (χ4v) is 3.04. The van der Waals surface area contributed by atoms with Crippen molar-refractivity contribution in [2.45, 2.75) is 6.54 Å². The molecule has 0 aliphatic rings. The first-order valence-corrected chi connectivity index (χ1v) is 9.53. The molecule has 3 aromatic carbocycles.